The van der Waals surface area contributed by atoms with Gasteiger partial charge in [-0.2, -0.15) is 0 Å². The molecule has 6 aromatic carbocycles. The van der Waals surface area contributed by atoms with Crippen LogP contribution in [0.15, 0.2) is 152 Å². The van der Waals surface area contributed by atoms with Gasteiger partial charge in [-0.25, -0.2) is 0 Å². The number of thiophene rings is 1. The van der Waals surface area contributed by atoms with Crippen LogP contribution in [0.25, 0.3) is 64.1 Å². The van der Waals surface area contributed by atoms with Crippen LogP contribution in [-0.2, 0) is 0 Å². The molecule has 9 aromatic rings. The van der Waals surface area contributed by atoms with E-state index in [2.05, 4.69) is 114 Å². The number of hydrogen-bond donors (Lipinski definition) is 2. The van der Waals surface area contributed by atoms with Gasteiger partial charge in [0, 0.05) is 42.8 Å². The van der Waals surface area contributed by atoms with Crippen LogP contribution >= 0.6 is 11.3 Å². The van der Waals surface area contributed by atoms with Gasteiger partial charge < -0.3 is 9.97 Å². The van der Waals surface area contributed by atoms with Crippen LogP contribution in [0.5, 0.6) is 0 Å². The lowest BCUT2D eigenvalue weighted by molar-refractivity contribution is 1.48. The molecule has 0 fully saturated rings. The zero-order valence-corrected chi connectivity index (χ0v) is 24.2. The average Bonchev–Trinajstić information content (AvgIpc) is 3.72. The monoisotopic (exact) mass is 558 g/mol. The van der Waals surface area contributed by atoms with E-state index in [1.165, 1.54) is 69.7 Å². The molecule has 0 aliphatic carbocycles. The molecule has 0 bridgehead atoms. The van der Waals surface area contributed by atoms with Crippen LogP contribution in [-0.4, -0.2) is 9.97 Å². The number of rotatable bonds is 1. The molecule has 2 nitrogen and oxygen atoms in total. The summed E-state index contributed by atoms with van der Waals surface area (Å²) in [6.07, 6.45) is 0. The number of fused-ring (bicyclic) bond motifs is 8. The van der Waals surface area contributed by atoms with Crippen molar-refractivity contribution in [3.05, 3.63) is 157 Å². The summed E-state index contributed by atoms with van der Waals surface area (Å²) in [5.41, 5.74) is 8.65. The smallest absolute Gasteiger partial charge is 0.0654 e. The lowest BCUT2D eigenvalue weighted by atomic mass is 10.0. The summed E-state index contributed by atoms with van der Waals surface area (Å²) in [5.74, 6) is 0. The molecule has 0 amide bonds. The summed E-state index contributed by atoms with van der Waals surface area (Å²) in [6.45, 7) is 2.08. The van der Waals surface area contributed by atoms with Crippen LogP contribution in [0, 0.1) is 6.92 Å². The fourth-order valence-electron chi connectivity index (χ4n) is 5.46. The molecular weight excluding hydrogens is 529 g/mol. The summed E-state index contributed by atoms with van der Waals surface area (Å²) in [7, 11) is 0. The molecule has 0 saturated heterocycles. The van der Waals surface area contributed by atoms with Gasteiger partial charge in [0.1, 0.15) is 0 Å². The van der Waals surface area contributed by atoms with E-state index in [9.17, 15) is 0 Å². The van der Waals surface area contributed by atoms with Crippen molar-refractivity contribution < 1.29 is 0 Å². The molecule has 0 unspecified atom stereocenters. The van der Waals surface area contributed by atoms with Gasteiger partial charge >= 0.3 is 0 Å². The Morgan fingerprint density at radius 3 is 1.62 bits per heavy atom. The predicted molar refractivity (Wildman–Crippen MR) is 184 cm³/mol. The first-order valence-electron chi connectivity index (χ1n) is 14.2. The molecule has 3 heteroatoms. The highest BCUT2D eigenvalue weighted by Crippen LogP contribution is 2.40. The van der Waals surface area contributed by atoms with Gasteiger partial charge in [-0.1, -0.05) is 121 Å². The molecule has 3 heterocycles. The number of aromatic nitrogens is 2. The molecule has 0 aliphatic rings. The van der Waals surface area contributed by atoms with Crippen LogP contribution in [0.2, 0.25) is 0 Å². The van der Waals surface area contributed by atoms with Crippen LogP contribution in [0.3, 0.4) is 0 Å². The molecule has 0 aliphatic heterocycles. The Bertz CT molecular complexity index is 2230. The van der Waals surface area contributed by atoms with Gasteiger partial charge in [0.15, 0.2) is 0 Å². The van der Waals surface area contributed by atoms with E-state index in [-0.39, 0.29) is 0 Å². The van der Waals surface area contributed by atoms with Gasteiger partial charge in [0.2, 0.25) is 0 Å². The molecule has 0 spiro atoms. The van der Waals surface area contributed by atoms with Crippen molar-refractivity contribution in [2.45, 2.75) is 6.92 Å². The second-order valence-corrected chi connectivity index (χ2v) is 11.5. The van der Waals surface area contributed by atoms with Crippen molar-refractivity contribution in [1.29, 1.82) is 0 Å². The Kier molecular flexibility index (Phi) is 7.01. The summed E-state index contributed by atoms with van der Waals surface area (Å²) < 4.78 is 2.68. The first-order chi connectivity index (χ1) is 20.7. The zero-order valence-electron chi connectivity index (χ0n) is 23.3. The fourth-order valence-corrected chi connectivity index (χ4v) is 6.65. The van der Waals surface area contributed by atoms with E-state index in [4.69, 9.17) is 0 Å². The number of benzene rings is 6. The van der Waals surface area contributed by atoms with E-state index in [1.807, 2.05) is 65.9 Å². The molecule has 9 rings (SSSR count). The van der Waals surface area contributed by atoms with Crippen molar-refractivity contribution in [1.82, 2.24) is 9.97 Å². The van der Waals surface area contributed by atoms with Crippen molar-refractivity contribution in [2.75, 3.05) is 0 Å². The third-order valence-electron chi connectivity index (χ3n) is 7.57. The molecular formula is C39H30N2S. The van der Waals surface area contributed by atoms with Gasteiger partial charge in [-0.3, -0.25) is 0 Å². The van der Waals surface area contributed by atoms with Crippen LogP contribution in [0.1, 0.15) is 5.56 Å². The lowest BCUT2D eigenvalue weighted by Crippen LogP contribution is -1.78. The largest absolute Gasteiger partial charge is 0.355 e. The second kappa shape index (κ2) is 11.4. The van der Waals surface area contributed by atoms with Crippen LogP contribution < -0.4 is 0 Å². The number of nitrogens with one attached hydrogen (secondary N) is 2. The van der Waals surface area contributed by atoms with E-state index in [0.29, 0.717) is 0 Å². The van der Waals surface area contributed by atoms with E-state index in [0.717, 1.165) is 0 Å². The molecule has 0 saturated carbocycles. The maximum absolute atomic E-state index is 3.63. The SMILES string of the molecule is Cc1ccccc1.c1ccc2c(c1)[nH]c1ccc(-c3ccc4[nH]c5c6ccccc6sc5c4c3)cc12.c1ccccc1. The quantitative estimate of drug-likeness (QED) is 0.201. The third-order valence-corrected chi connectivity index (χ3v) is 8.77. The standard InChI is InChI=1S/C26H16N2S.C7H8.C6H6/c1-3-7-21-17(5-1)19-13-15(9-11-22(19)27-21)16-10-12-23-20(14-16)26-25(28-23)18-6-2-4-8-24(18)29-26;1-7-5-3-2-4-6-7;1-2-4-6-5-3-1/h1-14,27-28H;2-6H,1H3;1-6H. The zero-order chi connectivity index (χ0) is 28.3. The van der Waals surface area contributed by atoms with Crippen molar-refractivity contribution in [3.8, 4) is 11.1 Å². The highest BCUT2D eigenvalue weighted by Gasteiger charge is 2.12. The van der Waals surface area contributed by atoms with Crippen molar-refractivity contribution >= 4 is 64.3 Å². The Morgan fingerprint density at radius 2 is 0.952 bits per heavy atom. The van der Waals surface area contributed by atoms with Gasteiger partial charge in [-0.15, -0.1) is 11.3 Å². The van der Waals surface area contributed by atoms with Gasteiger partial charge in [0.05, 0.1) is 10.2 Å². The summed E-state index contributed by atoms with van der Waals surface area (Å²) >= 11 is 1.87. The second-order valence-electron chi connectivity index (χ2n) is 10.4. The Labute approximate surface area is 248 Å². The Hall–Kier alpha value is -5.12. The number of para-hydroxylation sites is 1. The van der Waals surface area contributed by atoms with E-state index < -0.39 is 0 Å². The first kappa shape index (κ1) is 25.8. The molecule has 42 heavy (non-hydrogen) atoms. The molecule has 202 valence electrons. The minimum absolute atomic E-state index is 1.18. The highest BCUT2D eigenvalue weighted by atomic mass is 32.1. The molecule has 0 atom stereocenters. The number of H-pyrrole nitrogens is 2. The lowest BCUT2D eigenvalue weighted by Gasteiger charge is -2.03. The Balaban J connectivity index is 0.000000184. The van der Waals surface area contributed by atoms with Gasteiger partial charge in [-0.05, 0) is 54.4 Å². The first-order valence-corrected chi connectivity index (χ1v) is 15.0. The highest BCUT2D eigenvalue weighted by molar-refractivity contribution is 7.26. The van der Waals surface area contributed by atoms with Gasteiger partial charge in [0.25, 0.3) is 0 Å². The normalized spacial score (nSPS) is 11.0. The minimum Gasteiger partial charge on any atom is -0.355 e. The molecule has 3 aromatic heterocycles. The topological polar surface area (TPSA) is 31.6 Å². The molecule has 0 radical (unpaired) electrons. The predicted octanol–water partition coefficient (Wildman–Crippen LogP) is 11.5. The van der Waals surface area contributed by atoms with Crippen LogP contribution in [0.4, 0.5) is 0 Å². The van der Waals surface area contributed by atoms with Crippen molar-refractivity contribution in [3.63, 3.8) is 0 Å². The number of hydrogen-bond acceptors (Lipinski definition) is 1. The minimum atomic E-state index is 1.18. The third kappa shape index (κ3) is 5.07. The van der Waals surface area contributed by atoms with E-state index in [1.54, 1.807) is 0 Å². The maximum Gasteiger partial charge on any atom is 0.0654 e. The summed E-state index contributed by atoms with van der Waals surface area (Å²) in [4.78, 5) is 7.15. The average molecular weight is 559 g/mol. The molecule has 2 N–H and O–H groups in total. The van der Waals surface area contributed by atoms with E-state index >= 15 is 0 Å². The summed E-state index contributed by atoms with van der Waals surface area (Å²) in [6, 6.07) is 52.9. The number of aryl methyl sites for hydroxylation is 1. The van der Waals surface area contributed by atoms with Crippen molar-refractivity contribution in [2.24, 2.45) is 0 Å². The summed E-state index contributed by atoms with van der Waals surface area (Å²) in [5, 5.41) is 5.17. The Morgan fingerprint density at radius 1 is 0.429 bits per heavy atom. The maximum atomic E-state index is 3.63. The fraction of sp³-hybridized carbons (Fsp3) is 0.0256. The number of aromatic amines is 2.